The van der Waals surface area contributed by atoms with E-state index in [2.05, 4.69) is 26.1 Å². The molecule has 2 rings (SSSR count). The second-order valence-corrected chi connectivity index (χ2v) is 4.64. The van der Waals surface area contributed by atoms with Crippen LogP contribution in [0, 0.1) is 0 Å². The van der Waals surface area contributed by atoms with Gasteiger partial charge in [-0.05, 0) is 18.2 Å². The van der Waals surface area contributed by atoms with Gasteiger partial charge in [0.1, 0.15) is 0 Å². The van der Waals surface area contributed by atoms with E-state index < -0.39 is 11.7 Å². The van der Waals surface area contributed by atoms with Gasteiger partial charge in [-0.15, -0.1) is 10.2 Å². The van der Waals surface area contributed by atoms with E-state index in [1.807, 2.05) is 0 Å². The number of halogens is 4. The number of nitrogens with zero attached hydrogens (tertiary/aromatic N) is 2. The van der Waals surface area contributed by atoms with Gasteiger partial charge < -0.3 is 10.2 Å². The highest BCUT2D eigenvalue weighted by Gasteiger charge is 2.35. The zero-order valence-corrected chi connectivity index (χ0v) is 11.1. The van der Waals surface area contributed by atoms with Crippen molar-refractivity contribution in [1.29, 1.82) is 0 Å². The Hall–Kier alpha value is -1.41. The first-order chi connectivity index (χ1) is 8.91. The highest BCUT2D eigenvalue weighted by molar-refractivity contribution is 9.10. The molecule has 0 saturated carbocycles. The zero-order chi connectivity index (χ0) is 14.0. The molecule has 0 spiro atoms. The van der Waals surface area contributed by atoms with Gasteiger partial charge >= 0.3 is 6.18 Å². The quantitative estimate of drug-likeness (QED) is 0.936. The SMILES string of the molecule is NCCc1nnc(-c2ccc(Br)cc2C(F)(F)F)o1. The summed E-state index contributed by atoms with van der Waals surface area (Å²) in [6.07, 6.45) is -4.17. The zero-order valence-electron chi connectivity index (χ0n) is 9.54. The average Bonchev–Trinajstić information content (AvgIpc) is 2.77. The molecule has 0 saturated heterocycles. The van der Waals surface area contributed by atoms with Crippen LogP contribution in [0.3, 0.4) is 0 Å². The van der Waals surface area contributed by atoms with E-state index in [1.54, 1.807) is 0 Å². The summed E-state index contributed by atoms with van der Waals surface area (Å²) in [4.78, 5) is 0. The van der Waals surface area contributed by atoms with Gasteiger partial charge in [0.25, 0.3) is 0 Å². The molecular weight excluding hydrogens is 327 g/mol. The lowest BCUT2D eigenvalue weighted by atomic mass is 10.1. The van der Waals surface area contributed by atoms with E-state index in [1.165, 1.54) is 12.1 Å². The first-order valence-corrected chi connectivity index (χ1v) is 6.10. The van der Waals surface area contributed by atoms with Crippen molar-refractivity contribution < 1.29 is 17.6 Å². The number of hydrogen-bond acceptors (Lipinski definition) is 4. The average molecular weight is 336 g/mol. The van der Waals surface area contributed by atoms with E-state index in [0.29, 0.717) is 10.9 Å². The van der Waals surface area contributed by atoms with Crippen molar-refractivity contribution >= 4 is 15.9 Å². The molecule has 1 aromatic carbocycles. The number of aromatic nitrogens is 2. The lowest BCUT2D eigenvalue weighted by molar-refractivity contribution is -0.137. The molecule has 4 nitrogen and oxygen atoms in total. The minimum absolute atomic E-state index is 0.147. The van der Waals surface area contributed by atoms with E-state index in [4.69, 9.17) is 10.2 Å². The van der Waals surface area contributed by atoms with Crippen LogP contribution in [0.1, 0.15) is 11.5 Å². The number of rotatable bonds is 3. The summed E-state index contributed by atoms with van der Waals surface area (Å²) in [6, 6.07) is 3.74. The Kier molecular flexibility index (Phi) is 3.91. The van der Waals surface area contributed by atoms with E-state index in [-0.39, 0.29) is 23.9 Å². The van der Waals surface area contributed by atoms with Crippen LogP contribution in [0.4, 0.5) is 13.2 Å². The van der Waals surface area contributed by atoms with E-state index >= 15 is 0 Å². The molecule has 0 amide bonds. The van der Waals surface area contributed by atoms with Crippen LogP contribution in [0.15, 0.2) is 27.1 Å². The molecular formula is C11H9BrF3N3O. The molecule has 102 valence electrons. The molecule has 0 radical (unpaired) electrons. The monoisotopic (exact) mass is 335 g/mol. The molecule has 1 aromatic heterocycles. The summed E-state index contributed by atoms with van der Waals surface area (Å²) < 4.78 is 44.3. The van der Waals surface area contributed by atoms with Gasteiger partial charge in [-0.25, -0.2) is 0 Å². The third-order valence-corrected chi connectivity index (χ3v) is 2.84. The lowest BCUT2D eigenvalue weighted by Crippen LogP contribution is -2.07. The third kappa shape index (κ3) is 3.13. The van der Waals surface area contributed by atoms with Crippen molar-refractivity contribution in [2.45, 2.75) is 12.6 Å². The van der Waals surface area contributed by atoms with Gasteiger partial charge in [-0.1, -0.05) is 15.9 Å². The van der Waals surface area contributed by atoms with Gasteiger partial charge in [0, 0.05) is 17.4 Å². The topological polar surface area (TPSA) is 64.9 Å². The van der Waals surface area contributed by atoms with Crippen LogP contribution < -0.4 is 5.73 Å². The largest absolute Gasteiger partial charge is 0.421 e. The standard InChI is InChI=1S/C11H9BrF3N3O/c12-6-1-2-7(8(5-6)11(13,14)15)10-18-17-9(19-10)3-4-16/h1-2,5H,3-4,16H2. The fourth-order valence-electron chi connectivity index (χ4n) is 1.52. The molecule has 0 aliphatic heterocycles. The second-order valence-electron chi connectivity index (χ2n) is 3.73. The van der Waals surface area contributed by atoms with Crippen LogP contribution in [-0.2, 0) is 12.6 Å². The minimum Gasteiger partial charge on any atom is -0.421 e. The molecule has 0 fully saturated rings. The Morgan fingerprint density at radius 1 is 1.26 bits per heavy atom. The molecule has 0 atom stereocenters. The highest BCUT2D eigenvalue weighted by Crippen LogP contribution is 2.38. The maximum Gasteiger partial charge on any atom is 0.417 e. The number of hydrogen-bond donors (Lipinski definition) is 1. The van der Waals surface area contributed by atoms with Gasteiger partial charge in [0.15, 0.2) is 0 Å². The molecule has 2 aromatic rings. The van der Waals surface area contributed by atoms with Crippen molar-refractivity contribution in [3.05, 3.63) is 34.1 Å². The predicted molar refractivity (Wildman–Crippen MR) is 65.2 cm³/mol. The molecule has 19 heavy (non-hydrogen) atoms. The summed E-state index contributed by atoms with van der Waals surface area (Å²) in [6.45, 7) is 0.286. The fourth-order valence-corrected chi connectivity index (χ4v) is 1.89. The molecule has 2 N–H and O–H groups in total. The van der Waals surface area contributed by atoms with Gasteiger partial charge in [-0.3, -0.25) is 0 Å². The summed E-state index contributed by atoms with van der Waals surface area (Å²) in [5.74, 6) is 0.0526. The fraction of sp³-hybridized carbons (Fsp3) is 0.273. The maximum atomic E-state index is 12.9. The Balaban J connectivity index is 2.48. The summed E-state index contributed by atoms with van der Waals surface area (Å²) >= 11 is 3.01. The van der Waals surface area contributed by atoms with Crippen LogP contribution >= 0.6 is 15.9 Å². The lowest BCUT2D eigenvalue weighted by Gasteiger charge is -2.10. The summed E-state index contributed by atoms with van der Waals surface area (Å²) in [5, 5.41) is 7.27. The molecule has 0 aliphatic rings. The van der Waals surface area contributed by atoms with Crippen molar-refractivity contribution in [2.24, 2.45) is 5.73 Å². The van der Waals surface area contributed by atoms with Crippen LogP contribution in [0.5, 0.6) is 0 Å². The van der Waals surface area contributed by atoms with Gasteiger partial charge in [0.2, 0.25) is 11.8 Å². The number of benzene rings is 1. The summed E-state index contributed by atoms with van der Waals surface area (Å²) in [7, 11) is 0. The molecule has 0 bridgehead atoms. The highest BCUT2D eigenvalue weighted by atomic mass is 79.9. The van der Waals surface area contributed by atoms with Gasteiger partial charge in [0.05, 0.1) is 11.1 Å². The molecule has 0 aliphatic carbocycles. The molecule has 8 heteroatoms. The summed E-state index contributed by atoms with van der Waals surface area (Å²) in [5.41, 5.74) is 4.34. The number of nitrogens with two attached hydrogens (primary N) is 1. The maximum absolute atomic E-state index is 12.9. The Morgan fingerprint density at radius 2 is 2.00 bits per heavy atom. The first kappa shape index (κ1) is 14.0. The third-order valence-electron chi connectivity index (χ3n) is 2.34. The predicted octanol–water partition coefficient (Wildman–Crippen LogP) is 3.02. The van der Waals surface area contributed by atoms with Crippen molar-refractivity contribution in [1.82, 2.24) is 10.2 Å². The second kappa shape index (κ2) is 5.30. The smallest absolute Gasteiger partial charge is 0.417 e. The van der Waals surface area contributed by atoms with Gasteiger partial charge in [-0.2, -0.15) is 13.2 Å². The van der Waals surface area contributed by atoms with Crippen molar-refractivity contribution in [3.8, 4) is 11.5 Å². The van der Waals surface area contributed by atoms with Crippen LogP contribution in [0.2, 0.25) is 0 Å². The first-order valence-electron chi connectivity index (χ1n) is 5.31. The molecule has 0 unspecified atom stereocenters. The van der Waals surface area contributed by atoms with E-state index in [0.717, 1.165) is 6.07 Å². The van der Waals surface area contributed by atoms with Crippen molar-refractivity contribution in [3.63, 3.8) is 0 Å². The van der Waals surface area contributed by atoms with Crippen LogP contribution in [0.25, 0.3) is 11.5 Å². The van der Waals surface area contributed by atoms with E-state index in [9.17, 15) is 13.2 Å². The van der Waals surface area contributed by atoms with Crippen LogP contribution in [-0.4, -0.2) is 16.7 Å². The Morgan fingerprint density at radius 3 is 2.63 bits per heavy atom. The number of alkyl halides is 3. The minimum atomic E-state index is -4.50. The Bertz CT molecular complexity index is 583. The molecule has 1 heterocycles. The van der Waals surface area contributed by atoms with Crippen molar-refractivity contribution in [2.75, 3.05) is 6.54 Å². The normalized spacial score (nSPS) is 11.8. The Labute approximate surface area is 114 Å².